The zero-order chi connectivity index (χ0) is 10.3. The first kappa shape index (κ1) is 10.6. The predicted molar refractivity (Wildman–Crippen MR) is 64.5 cm³/mol. The topological polar surface area (TPSA) is 0 Å². The smallest absolute Gasteiger partial charge is 0.205 e. The van der Waals surface area contributed by atoms with Gasteiger partial charge in [-0.1, -0.05) is 11.6 Å². The first-order valence-electron chi connectivity index (χ1n) is 3.74. The van der Waals surface area contributed by atoms with Gasteiger partial charge in [0.15, 0.2) is 0 Å². The van der Waals surface area contributed by atoms with Crippen molar-refractivity contribution in [1.29, 1.82) is 0 Å². The lowest BCUT2D eigenvalue weighted by Crippen LogP contribution is -1.84. The minimum Gasteiger partial charge on any atom is -0.205 e. The highest BCUT2D eigenvalue weighted by atomic mass is 127. The molecule has 0 amide bonds. The maximum atomic E-state index is 12.5. The quantitative estimate of drug-likeness (QED) is 0.632. The Labute approximate surface area is 102 Å². The van der Waals surface area contributed by atoms with Crippen LogP contribution in [0.3, 0.4) is 0 Å². The van der Waals surface area contributed by atoms with Gasteiger partial charge in [0.25, 0.3) is 6.43 Å². The normalized spacial score (nSPS) is 11.5. The van der Waals surface area contributed by atoms with E-state index in [0.29, 0.717) is 4.34 Å². The summed E-state index contributed by atoms with van der Waals surface area (Å²) in [5.74, 6) is 0. The number of thiophene rings is 1. The maximum Gasteiger partial charge on any atom is 0.263 e. The minimum absolute atomic E-state index is 0.0559. The van der Waals surface area contributed by atoms with Crippen LogP contribution < -0.4 is 0 Å². The van der Waals surface area contributed by atoms with E-state index in [4.69, 9.17) is 11.6 Å². The van der Waals surface area contributed by atoms with Gasteiger partial charge in [0.2, 0.25) is 0 Å². The Kier molecular flexibility index (Phi) is 2.95. The molecule has 0 unspecified atom stereocenters. The molecule has 0 saturated heterocycles. The molecule has 2 aromatic rings. The van der Waals surface area contributed by atoms with Gasteiger partial charge < -0.3 is 0 Å². The summed E-state index contributed by atoms with van der Waals surface area (Å²) in [4.78, 5) is 0. The zero-order valence-electron chi connectivity index (χ0n) is 6.73. The summed E-state index contributed by atoms with van der Waals surface area (Å²) in [5, 5.41) is 0.949. The summed E-state index contributed by atoms with van der Waals surface area (Å²) in [7, 11) is 0. The van der Waals surface area contributed by atoms with Gasteiger partial charge in [-0.3, -0.25) is 0 Å². The van der Waals surface area contributed by atoms with Crippen molar-refractivity contribution in [1.82, 2.24) is 0 Å². The summed E-state index contributed by atoms with van der Waals surface area (Å²) < 4.78 is 27.2. The maximum absolute atomic E-state index is 12.5. The van der Waals surface area contributed by atoms with Crippen molar-refractivity contribution >= 4 is 55.6 Å². The third-order valence-corrected chi connectivity index (χ3v) is 3.93. The molecule has 0 nitrogen and oxygen atoms in total. The van der Waals surface area contributed by atoms with Gasteiger partial charge in [-0.2, -0.15) is 0 Å². The van der Waals surface area contributed by atoms with E-state index in [0.717, 1.165) is 13.7 Å². The lowest BCUT2D eigenvalue weighted by molar-refractivity contribution is 0.151. The van der Waals surface area contributed by atoms with Gasteiger partial charge in [0.05, 0.1) is 4.34 Å². The van der Waals surface area contributed by atoms with Gasteiger partial charge in [0.1, 0.15) is 0 Å². The summed E-state index contributed by atoms with van der Waals surface area (Å²) >= 11 is 9.18. The zero-order valence-corrected chi connectivity index (χ0v) is 10.5. The largest absolute Gasteiger partial charge is 0.263 e. The summed E-state index contributed by atoms with van der Waals surface area (Å²) in [5.41, 5.74) is 0.0559. The number of halogens is 4. The molecule has 2 rings (SSSR count). The van der Waals surface area contributed by atoms with Crippen LogP contribution in [0.25, 0.3) is 10.1 Å². The first-order chi connectivity index (χ1) is 6.58. The molecule has 0 bridgehead atoms. The van der Waals surface area contributed by atoms with Crippen LogP contribution >= 0.6 is 45.5 Å². The van der Waals surface area contributed by atoms with Crippen LogP contribution in [0.1, 0.15) is 12.0 Å². The van der Waals surface area contributed by atoms with Crippen molar-refractivity contribution in [3.8, 4) is 0 Å². The molecule has 0 fully saturated rings. The number of hydrogen-bond donors (Lipinski definition) is 0. The van der Waals surface area contributed by atoms with Crippen molar-refractivity contribution in [2.45, 2.75) is 6.43 Å². The van der Waals surface area contributed by atoms with Gasteiger partial charge in [0, 0.05) is 19.2 Å². The van der Waals surface area contributed by atoms with Crippen LogP contribution in [0, 0.1) is 3.57 Å². The van der Waals surface area contributed by atoms with E-state index in [9.17, 15) is 8.78 Å². The SMILES string of the molecule is FC(F)c1cc(I)c2cc(Cl)sc2c1. The Bertz CT molecular complexity index is 481. The van der Waals surface area contributed by atoms with Crippen LogP contribution in [0.5, 0.6) is 0 Å². The molecule has 0 saturated carbocycles. The third kappa shape index (κ3) is 1.87. The number of fused-ring (bicyclic) bond motifs is 1. The highest BCUT2D eigenvalue weighted by Crippen LogP contribution is 2.35. The van der Waals surface area contributed by atoms with E-state index in [1.165, 1.54) is 23.5 Å². The molecular weight excluding hydrogens is 341 g/mol. The van der Waals surface area contributed by atoms with Crippen molar-refractivity contribution in [3.05, 3.63) is 31.7 Å². The van der Waals surface area contributed by atoms with E-state index in [-0.39, 0.29) is 5.56 Å². The summed E-state index contributed by atoms with van der Waals surface area (Å²) in [6.45, 7) is 0. The number of alkyl halides is 2. The second-order valence-electron chi connectivity index (χ2n) is 2.77. The van der Waals surface area contributed by atoms with Gasteiger partial charge in [-0.25, -0.2) is 8.78 Å². The molecule has 0 atom stereocenters. The Morgan fingerprint density at radius 2 is 2.00 bits per heavy atom. The van der Waals surface area contributed by atoms with E-state index < -0.39 is 6.43 Å². The van der Waals surface area contributed by atoms with Crippen LogP contribution in [-0.2, 0) is 0 Å². The molecule has 1 aromatic heterocycles. The molecule has 14 heavy (non-hydrogen) atoms. The third-order valence-electron chi connectivity index (χ3n) is 1.83. The van der Waals surface area contributed by atoms with Crippen molar-refractivity contribution in [2.75, 3.05) is 0 Å². The molecule has 74 valence electrons. The van der Waals surface area contributed by atoms with Crippen LogP contribution in [0.15, 0.2) is 18.2 Å². The fraction of sp³-hybridized carbons (Fsp3) is 0.111. The first-order valence-corrected chi connectivity index (χ1v) is 6.02. The molecule has 5 heteroatoms. The average molecular weight is 345 g/mol. The Morgan fingerprint density at radius 3 is 2.64 bits per heavy atom. The minimum atomic E-state index is -2.42. The molecule has 0 aliphatic heterocycles. The van der Waals surface area contributed by atoms with Crippen LogP contribution in [-0.4, -0.2) is 0 Å². The Balaban J connectivity index is 2.71. The van der Waals surface area contributed by atoms with Gasteiger partial charge in [-0.05, 0) is 40.8 Å². The van der Waals surface area contributed by atoms with Crippen molar-refractivity contribution < 1.29 is 8.78 Å². The predicted octanol–water partition coefficient (Wildman–Crippen LogP) is 5.10. The fourth-order valence-corrected chi connectivity index (χ4v) is 3.42. The Morgan fingerprint density at radius 1 is 1.29 bits per heavy atom. The van der Waals surface area contributed by atoms with Gasteiger partial charge >= 0.3 is 0 Å². The van der Waals surface area contributed by atoms with Crippen LogP contribution in [0.4, 0.5) is 8.78 Å². The molecule has 0 radical (unpaired) electrons. The van der Waals surface area contributed by atoms with Crippen molar-refractivity contribution in [3.63, 3.8) is 0 Å². The number of rotatable bonds is 1. The highest BCUT2D eigenvalue weighted by molar-refractivity contribution is 14.1. The summed E-state index contributed by atoms with van der Waals surface area (Å²) in [6, 6.07) is 4.80. The molecule has 0 spiro atoms. The average Bonchev–Trinajstić information content (AvgIpc) is 2.45. The second kappa shape index (κ2) is 3.90. The molecule has 0 aliphatic carbocycles. The fourth-order valence-electron chi connectivity index (χ4n) is 1.21. The standard InChI is InChI=1S/C9H4ClF2IS/c10-8-3-5-6(13)1-4(9(11)12)2-7(5)14-8/h1-3,9H. The summed E-state index contributed by atoms with van der Waals surface area (Å²) in [6.07, 6.45) is -2.42. The van der Waals surface area contributed by atoms with E-state index in [1.807, 2.05) is 22.6 Å². The number of benzene rings is 1. The van der Waals surface area contributed by atoms with E-state index in [2.05, 4.69) is 0 Å². The van der Waals surface area contributed by atoms with E-state index in [1.54, 1.807) is 6.07 Å². The second-order valence-corrected chi connectivity index (χ2v) is 5.64. The van der Waals surface area contributed by atoms with E-state index >= 15 is 0 Å². The molecule has 1 heterocycles. The van der Waals surface area contributed by atoms with Crippen molar-refractivity contribution in [2.24, 2.45) is 0 Å². The molecular formula is C9H4ClF2IS. The molecule has 0 aliphatic rings. The monoisotopic (exact) mass is 344 g/mol. The Hall–Kier alpha value is 0.0600. The lowest BCUT2D eigenvalue weighted by atomic mass is 10.2. The van der Waals surface area contributed by atoms with Crippen LogP contribution in [0.2, 0.25) is 4.34 Å². The lowest BCUT2D eigenvalue weighted by Gasteiger charge is -2.01. The molecule has 1 aromatic carbocycles. The highest BCUT2D eigenvalue weighted by Gasteiger charge is 2.11. The molecule has 0 N–H and O–H groups in total. The number of hydrogen-bond acceptors (Lipinski definition) is 1. The van der Waals surface area contributed by atoms with Gasteiger partial charge in [-0.15, -0.1) is 11.3 Å².